The largest absolute Gasteiger partial charge is 0.493 e. The highest BCUT2D eigenvalue weighted by Crippen LogP contribution is 2.35. The van der Waals surface area contributed by atoms with E-state index in [-0.39, 0.29) is 12.4 Å². The Labute approximate surface area is 240 Å². The lowest BCUT2D eigenvalue weighted by molar-refractivity contribution is 0.356. The molecule has 0 spiro atoms. The van der Waals surface area contributed by atoms with Crippen LogP contribution in [-0.2, 0) is 0 Å². The standard InChI is InChI=1S/C16H14N6O2.C10H9ClN2O2.ClH/c1-23-14-7-12-13(8-15(14)24-2)18-9-19-16(12)20-10-3-5-11(6-4-10)21-22-17;1-14-8-3-6-7(4-9(8)15-2)12-5-13-10(6)11;/h3-9H,1-2H3,(H,18,19,20);3-5H,1-2H3;1H. The molecule has 0 fully saturated rings. The summed E-state index contributed by atoms with van der Waals surface area (Å²) < 4.78 is 20.9. The highest BCUT2D eigenvalue weighted by molar-refractivity contribution is 6.34. The van der Waals surface area contributed by atoms with Gasteiger partial charge in [-0.2, -0.15) is 0 Å². The lowest BCUT2D eigenvalue weighted by atomic mass is 10.2. The second-order valence-corrected chi connectivity index (χ2v) is 8.05. The minimum absolute atomic E-state index is 0. The first-order chi connectivity index (χ1) is 19.0. The van der Waals surface area contributed by atoms with Gasteiger partial charge in [-0.1, -0.05) is 28.8 Å². The first kappa shape index (κ1) is 29.8. The Morgan fingerprint density at radius 1 is 0.725 bits per heavy atom. The molecular weight excluding hydrogens is 559 g/mol. The molecule has 0 unspecified atom stereocenters. The van der Waals surface area contributed by atoms with Crippen molar-refractivity contribution in [3.63, 3.8) is 0 Å². The molecule has 12 nitrogen and oxygen atoms in total. The van der Waals surface area contributed by atoms with E-state index in [9.17, 15) is 0 Å². The van der Waals surface area contributed by atoms with Crippen LogP contribution < -0.4 is 24.3 Å². The van der Waals surface area contributed by atoms with Crippen LogP contribution in [0.3, 0.4) is 0 Å². The van der Waals surface area contributed by atoms with Crippen LogP contribution >= 0.6 is 24.0 Å². The van der Waals surface area contributed by atoms with E-state index in [1.165, 1.54) is 12.7 Å². The monoisotopic (exact) mass is 582 g/mol. The summed E-state index contributed by atoms with van der Waals surface area (Å²) in [5.41, 5.74) is 11.3. The number of methoxy groups -OCH3 is 4. The molecule has 40 heavy (non-hydrogen) atoms. The number of ether oxygens (including phenoxy) is 4. The van der Waals surface area contributed by atoms with Crippen molar-refractivity contribution >= 4 is 63.0 Å². The number of benzene rings is 3. The maximum atomic E-state index is 8.44. The SMILES string of the molecule is COc1cc2ncnc(Cl)c2cc1OC.COc1cc2ncnc(Nc3ccc(N=[N+]=[N-])cc3)c2cc1OC.Cl. The van der Waals surface area contributed by atoms with E-state index in [0.717, 1.165) is 27.5 Å². The third-order valence-corrected chi connectivity index (χ3v) is 5.82. The van der Waals surface area contributed by atoms with Crippen LogP contribution in [0.15, 0.2) is 66.3 Å². The molecule has 0 aliphatic carbocycles. The lowest BCUT2D eigenvalue weighted by Gasteiger charge is -2.12. The number of azide groups is 1. The number of hydrogen-bond donors (Lipinski definition) is 1. The third kappa shape index (κ3) is 6.62. The highest BCUT2D eigenvalue weighted by atomic mass is 35.5. The van der Waals surface area contributed by atoms with Gasteiger partial charge < -0.3 is 24.3 Å². The fourth-order valence-electron chi connectivity index (χ4n) is 3.63. The molecule has 3 aromatic carbocycles. The Hall–Kier alpha value is -4.77. The average Bonchev–Trinajstić information content (AvgIpc) is 2.97. The second kappa shape index (κ2) is 13.9. The Kier molecular flexibility index (Phi) is 10.3. The number of hydrogen-bond acceptors (Lipinski definition) is 10. The van der Waals surface area contributed by atoms with Crippen LogP contribution in [0.25, 0.3) is 32.2 Å². The van der Waals surface area contributed by atoms with E-state index in [1.54, 1.807) is 70.9 Å². The molecule has 0 amide bonds. The van der Waals surface area contributed by atoms with Crippen LogP contribution in [0.1, 0.15) is 0 Å². The fraction of sp³-hybridized carbons (Fsp3) is 0.154. The number of nitrogens with zero attached hydrogens (tertiary/aromatic N) is 7. The molecule has 206 valence electrons. The topological polar surface area (TPSA) is 149 Å². The van der Waals surface area contributed by atoms with E-state index in [2.05, 4.69) is 35.3 Å². The summed E-state index contributed by atoms with van der Waals surface area (Å²) in [5, 5.41) is 8.72. The summed E-state index contributed by atoms with van der Waals surface area (Å²) in [4.78, 5) is 19.3. The maximum absolute atomic E-state index is 8.44. The van der Waals surface area contributed by atoms with Crippen molar-refractivity contribution in [2.75, 3.05) is 33.8 Å². The zero-order valence-corrected chi connectivity index (χ0v) is 23.4. The summed E-state index contributed by atoms with van der Waals surface area (Å²) in [6.45, 7) is 0. The van der Waals surface area contributed by atoms with Crippen LogP contribution in [0.4, 0.5) is 17.2 Å². The first-order valence-electron chi connectivity index (χ1n) is 11.3. The lowest BCUT2D eigenvalue weighted by Crippen LogP contribution is -1.97. The van der Waals surface area contributed by atoms with Crippen LogP contribution in [0.5, 0.6) is 23.0 Å². The molecule has 5 rings (SSSR count). The molecular formula is C26H24Cl2N8O4. The Morgan fingerprint density at radius 3 is 1.77 bits per heavy atom. The Balaban J connectivity index is 0.000000238. The van der Waals surface area contributed by atoms with Gasteiger partial charge in [0.05, 0.1) is 39.5 Å². The summed E-state index contributed by atoms with van der Waals surface area (Å²) >= 11 is 5.93. The fourth-order valence-corrected chi connectivity index (χ4v) is 3.83. The molecule has 14 heteroatoms. The van der Waals surface area contributed by atoms with Crippen molar-refractivity contribution in [1.82, 2.24) is 19.9 Å². The molecule has 0 atom stereocenters. The maximum Gasteiger partial charge on any atom is 0.162 e. The van der Waals surface area contributed by atoms with Gasteiger partial charge in [-0.3, -0.25) is 0 Å². The van der Waals surface area contributed by atoms with Crippen molar-refractivity contribution in [1.29, 1.82) is 0 Å². The molecule has 2 aromatic heterocycles. The van der Waals surface area contributed by atoms with E-state index >= 15 is 0 Å². The summed E-state index contributed by atoms with van der Waals surface area (Å²) in [7, 11) is 6.30. The van der Waals surface area contributed by atoms with Gasteiger partial charge in [-0.15, -0.1) is 12.4 Å². The molecule has 0 aliphatic heterocycles. The number of aromatic nitrogens is 4. The smallest absolute Gasteiger partial charge is 0.162 e. The predicted octanol–water partition coefficient (Wildman–Crippen LogP) is 7.05. The number of nitrogens with one attached hydrogen (secondary N) is 1. The zero-order valence-electron chi connectivity index (χ0n) is 21.8. The van der Waals surface area contributed by atoms with Crippen molar-refractivity contribution in [3.8, 4) is 23.0 Å². The minimum atomic E-state index is 0. The van der Waals surface area contributed by atoms with Crippen molar-refractivity contribution < 1.29 is 18.9 Å². The number of fused-ring (bicyclic) bond motifs is 2. The van der Waals surface area contributed by atoms with Crippen LogP contribution in [0.2, 0.25) is 5.15 Å². The van der Waals surface area contributed by atoms with E-state index in [0.29, 0.717) is 39.7 Å². The predicted molar refractivity (Wildman–Crippen MR) is 156 cm³/mol. The van der Waals surface area contributed by atoms with Gasteiger partial charge in [0.2, 0.25) is 0 Å². The van der Waals surface area contributed by atoms with Crippen molar-refractivity contribution in [2.45, 2.75) is 0 Å². The molecule has 0 saturated carbocycles. The first-order valence-corrected chi connectivity index (χ1v) is 11.7. The quantitative estimate of drug-likeness (QED) is 0.0920. The molecule has 0 aliphatic rings. The normalized spacial score (nSPS) is 9.93. The zero-order chi connectivity index (χ0) is 27.8. The van der Waals surface area contributed by atoms with Gasteiger partial charge in [-0.25, -0.2) is 19.9 Å². The molecule has 5 aromatic rings. The Morgan fingerprint density at radius 2 is 1.23 bits per heavy atom. The van der Waals surface area contributed by atoms with E-state index in [1.807, 2.05) is 6.07 Å². The summed E-state index contributed by atoms with van der Waals surface area (Å²) in [5.74, 6) is 3.08. The molecule has 0 saturated heterocycles. The summed E-state index contributed by atoms with van der Waals surface area (Å²) in [6, 6.07) is 14.2. The van der Waals surface area contributed by atoms with Gasteiger partial charge in [0.15, 0.2) is 23.0 Å². The highest BCUT2D eigenvalue weighted by Gasteiger charge is 2.11. The van der Waals surface area contributed by atoms with Gasteiger partial charge in [-0.05, 0) is 29.8 Å². The number of rotatable bonds is 7. The van der Waals surface area contributed by atoms with Gasteiger partial charge in [0.25, 0.3) is 0 Å². The number of halogens is 2. The van der Waals surface area contributed by atoms with E-state index in [4.69, 9.17) is 36.1 Å². The van der Waals surface area contributed by atoms with Gasteiger partial charge in [0, 0.05) is 39.2 Å². The molecule has 0 radical (unpaired) electrons. The van der Waals surface area contributed by atoms with Crippen LogP contribution in [-0.4, -0.2) is 48.4 Å². The van der Waals surface area contributed by atoms with Gasteiger partial charge in [0.1, 0.15) is 23.6 Å². The van der Waals surface area contributed by atoms with Crippen molar-refractivity contribution in [2.24, 2.45) is 5.11 Å². The Bertz CT molecular complexity index is 1670. The van der Waals surface area contributed by atoms with Crippen LogP contribution in [0, 0.1) is 0 Å². The van der Waals surface area contributed by atoms with Crippen molar-refractivity contribution in [3.05, 3.63) is 76.8 Å². The molecule has 1 N–H and O–H groups in total. The van der Waals surface area contributed by atoms with E-state index < -0.39 is 0 Å². The van der Waals surface area contributed by atoms with Gasteiger partial charge >= 0.3 is 0 Å². The molecule has 2 heterocycles. The third-order valence-electron chi connectivity index (χ3n) is 5.52. The number of anilines is 2. The average molecular weight is 583 g/mol. The molecule has 0 bridgehead atoms. The summed E-state index contributed by atoms with van der Waals surface area (Å²) in [6.07, 6.45) is 2.89. The minimum Gasteiger partial charge on any atom is -0.493 e. The second-order valence-electron chi connectivity index (χ2n) is 7.70.